The molecule has 28 heavy (non-hydrogen) atoms. The molecule has 152 valence electrons. The van der Waals surface area contributed by atoms with E-state index in [1.165, 1.54) is 11.1 Å². The number of guanidine groups is 1. The van der Waals surface area contributed by atoms with Gasteiger partial charge in [0, 0.05) is 45.6 Å². The number of hydrogen-bond donors (Lipinski definition) is 1. The standard InChI is InChI=1S/C20H28N6O.HI/c1-16-6-4-7-17(2)18(16)27-15-10-24-19(21-3)25-11-13-26(14-12-25)20-22-8-5-9-23-20;/h4-9H,10-15H2,1-3H3,(H,21,24);1H. The van der Waals surface area contributed by atoms with Gasteiger partial charge in [-0.05, 0) is 31.0 Å². The summed E-state index contributed by atoms with van der Waals surface area (Å²) in [4.78, 5) is 17.5. The Labute approximate surface area is 184 Å². The van der Waals surface area contributed by atoms with Crippen LogP contribution in [0.25, 0.3) is 0 Å². The van der Waals surface area contributed by atoms with E-state index >= 15 is 0 Å². The summed E-state index contributed by atoms with van der Waals surface area (Å²) in [5.74, 6) is 2.68. The monoisotopic (exact) mass is 496 g/mol. The van der Waals surface area contributed by atoms with E-state index in [4.69, 9.17) is 4.74 Å². The van der Waals surface area contributed by atoms with Crippen molar-refractivity contribution in [2.24, 2.45) is 4.99 Å². The Hall–Kier alpha value is -2.10. The molecular weight excluding hydrogens is 467 g/mol. The Bertz CT molecular complexity index is 742. The van der Waals surface area contributed by atoms with Gasteiger partial charge in [0.1, 0.15) is 12.4 Å². The van der Waals surface area contributed by atoms with Gasteiger partial charge in [-0.15, -0.1) is 24.0 Å². The predicted octanol–water partition coefficient (Wildman–Crippen LogP) is 2.49. The molecule has 3 rings (SSSR count). The van der Waals surface area contributed by atoms with Gasteiger partial charge in [-0.25, -0.2) is 9.97 Å². The highest BCUT2D eigenvalue weighted by Gasteiger charge is 2.20. The lowest BCUT2D eigenvalue weighted by atomic mass is 10.1. The van der Waals surface area contributed by atoms with Gasteiger partial charge < -0.3 is 19.9 Å². The Kier molecular flexibility index (Phi) is 8.75. The lowest BCUT2D eigenvalue weighted by Gasteiger charge is -2.36. The number of ether oxygens (including phenoxy) is 1. The molecule has 0 spiro atoms. The number of aromatic nitrogens is 2. The van der Waals surface area contributed by atoms with Crippen LogP contribution in [0.3, 0.4) is 0 Å². The summed E-state index contributed by atoms with van der Waals surface area (Å²) >= 11 is 0. The first kappa shape index (κ1) is 22.2. The summed E-state index contributed by atoms with van der Waals surface area (Å²) in [6, 6.07) is 8.04. The first-order valence-electron chi connectivity index (χ1n) is 9.35. The third-order valence-corrected chi connectivity index (χ3v) is 4.67. The van der Waals surface area contributed by atoms with Gasteiger partial charge in [-0.2, -0.15) is 0 Å². The SMILES string of the molecule is CN=C(NCCOc1c(C)cccc1C)N1CCN(c2ncccn2)CC1.I. The van der Waals surface area contributed by atoms with E-state index in [9.17, 15) is 0 Å². The molecule has 1 aliphatic heterocycles. The molecule has 0 radical (unpaired) electrons. The van der Waals surface area contributed by atoms with Gasteiger partial charge in [0.05, 0.1) is 6.54 Å². The van der Waals surface area contributed by atoms with Crippen LogP contribution in [0, 0.1) is 13.8 Å². The van der Waals surface area contributed by atoms with E-state index in [2.05, 4.69) is 62.1 Å². The number of para-hydroxylation sites is 1. The number of nitrogens with one attached hydrogen (secondary N) is 1. The highest BCUT2D eigenvalue weighted by Crippen LogP contribution is 2.21. The molecule has 1 N–H and O–H groups in total. The normalized spacial score (nSPS) is 14.5. The predicted molar refractivity (Wildman–Crippen MR) is 124 cm³/mol. The van der Waals surface area contributed by atoms with Crippen LogP contribution in [-0.2, 0) is 0 Å². The minimum atomic E-state index is 0. The van der Waals surface area contributed by atoms with Crippen LogP contribution in [-0.4, -0.2) is 67.2 Å². The molecule has 0 saturated carbocycles. The zero-order valence-electron chi connectivity index (χ0n) is 16.8. The maximum absolute atomic E-state index is 5.96. The summed E-state index contributed by atoms with van der Waals surface area (Å²) in [5.41, 5.74) is 2.33. The molecule has 2 aromatic rings. The first-order chi connectivity index (χ1) is 13.2. The average Bonchev–Trinajstić information content (AvgIpc) is 2.71. The summed E-state index contributed by atoms with van der Waals surface area (Å²) in [6.07, 6.45) is 3.57. The van der Waals surface area contributed by atoms with Gasteiger partial charge in [0.25, 0.3) is 0 Å². The van der Waals surface area contributed by atoms with E-state index in [1.807, 2.05) is 13.1 Å². The van der Waals surface area contributed by atoms with Crippen LogP contribution in [0.15, 0.2) is 41.7 Å². The molecule has 1 aromatic carbocycles. The van der Waals surface area contributed by atoms with Crippen LogP contribution < -0.4 is 15.0 Å². The van der Waals surface area contributed by atoms with Crippen molar-refractivity contribution >= 4 is 35.9 Å². The third-order valence-electron chi connectivity index (χ3n) is 4.67. The van der Waals surface area contributed by atoms with Crippen LogP contribution in [0.1, 0.15) is 11.1 Å². The summed E-state index contributed by atoms with van der Waals surface area (Å²) < 4.78 is 5.96. The van der Waals surface area contributed by atoms with Crippen molar-refractivity contribution in [2.75, 3.05) is 51.3 Å². The van der Waals surface area contributed by atoms with E-state index in [0.717, 1.165) is 43.8 Å². The molecule has 1 aliphatic rings. The molecule has 2 heterocycles. The van der Waals surface area contributed by atoms with Crippen LogP contribution in [0.2, 0.25) is 0 Å². The molecule has 8 heteroatoms. The zero-order chi connectivity index (χ0) is 19.1. The zero-order valence-corrected chi connectivity index (χ0v) is 19.1. The second-order valence-electron chi connectivity index (χ2n) is 6.57. The largest absolute Gasteiger partial charge is 0.491 e. The second kappa shape index (κ2) is 11.0. The lowest BCUT2D eigenvalue weighted by molar-refractivity contribution is 0.311. The Morgan fingerprint density at radius 1 is 1.07 bits per heavy atom. The summed E-state index contributed by atoms with van der Waals surface area (Å²) in [7, 11) is 1.82. The van der Waals surface area contributed by atoms with Gasteiger partial charge in [0.2, 0.25) is 5.95 Å². The fraction of sp³-hybridized carbons (Fsp3) is 0.450. The highest BCUT2D eigenvalue weighted by atomic mass is 127. The molecule has 0 amide bonds. The van der Waals surface area contributed by atoms with E-state index in [-0.39, 0.29) is 24.0 Å². The number of halogens is 1. The van der Waals surface area contributed by atoms with Gasteiger partial charge in [-0.1, -0.05) is 18.2 Å². The van der Waals surface area contributed by atoms with Crippen molar-refractivity contribution in [1.29, 1.82) is 0 Å². The molecule has 1 aromatic heterocycles. The number of hydrogen-bond acceptors (Lipinski definition) is 5. The molecular formula is C20H29IN6O. The number of nitrogens with zero attached hydrogens (tertiary/aromatic N) is 5. The van der Waals surface area contributed by atoms with Crippen molar-refractivity contribution in [3.63, 3.8) is 0 Å². The topological polar surface area (TPSA) is 65.9 Å². The fourth-order valence-electron chi connectivity index (χ4n) is 3.25. The number of aliphatic imine (C=N–C) groups is 1. The molecule has 1 saturated heterocycles. The maximum atomic E-state index is 5.96. The summed E-state index contributed by atoms with van der Waals surface area (Å²) in [5, 5.41) is 3.40. The van der Waals surface area contributed by atoms with Gasteiger partial charge in [0.15, 0.2) is 5.96 Å². The van der Waals surface area contributed by atoms with Crippen LogP contribution >= 0.6 is 24.0 Å². The molecule has 0 bridgehead atoms. The smallest absolute Gasteiger partial charge is 0.225 e. The molecule has 1 fully saturated rings. The third kappa shape index (κ3) is 5.70. The Morgan fingerprint density at radius 3 is 2.32 bits per heavy atom. The van der Waals surface area contributed by atoms with Crippen LogP contribution in [0.4, 0.5) is 5.95 Å². The van der Waals surface area contributed by atoms with Gasteiger partial charge >= 0.3 is 0 Å². The Morgan fingerprint density at radius 2 is 1.71 bits per heavy atom. The minimum absolute atomic E-state index is 0. The van der Waals surface area contributed by atoms with Crippen molar-refractivity contribution in [3.05, 3.63) is 47.8 Å². The average molecular weight is 496 g/mol. The lowest BCUT2D eigenvalue weighted by Crippen LogP contribution is -2.53. The molecule has 0 aliphatic carbocycles. The van der Waals surface area contributed by atoms with Crippen molar-refractivity contribution in [2.45, 2.75) is 13.8 Å². The number of aryl methyl sites for hydroxylation is 2. The van der Waals surface area contributed by atoms with Crippen molar-refractivity contribution in [1.82, 2.24) is 20.2 Å². The molecule has 0 atom stereocenters. The quantitative estimate of drug-likeness (QED) is 0.297. The van der Waals surface area contributed by atoms with Crippen molar-refractivity contribution in [3.8, 4) is 5.75 Å². The van der Waals surface area contributed by atoms with Crippen LogP contribution in [0.5, 0.6) is 5.75 Å². The first-order valence-corrected chi connectivity index (χ1v) is 9.35. The van der Waals surface area contributed by atoms with Gasteiger partial charge in [-0.3, -0.25) is 4.99 Å². The maximum Gasteiger partial charge on any atom is 0.225 e. The minimum Gasteiger partial charge on any atom is -0.491 e. The highest BCUT2D eigenvalue weighted by molar-refractivity contribution is 14.0. The van der Waals surface area contributed by atoms with E-state index in [0.29, 0.717) is 13.2 Å². The summed E-state index contributed by atoms with van der Waals surface area (Å²) in [6.45, 7) is 8.98. The number of benzene rings is 1. The fourth-order valence-corrected chi connectivity index (χ4v) is 3.25. The van der Waals surface area contributed by atoms with E-state index in [1.54, 1.807) is 12.4 Å². The molecule has 7 nitrogen and oxygen atoms in total. The number of anilines is 1. The number of rotatable bonds is 5. The molecule has 0 unspecified atom stereocenters. The second-order valence-corrected chi connectivity index (χ2v) is 6.57. The van der Waals surface area contributed by atoms with E-state index < -0.39 is 0 Å². The number of piperazine rings is 1. The Balaban J connectivity index is 0.00000280. The van der Waals surface area contributed by atoms with Crippen molar-refractivity contribution < 1.29 is 4.74 Å².